The number of hydrogen-bond donors (Lipinski definition) is 1. The summed E-state index contributed by atoms with van der Waals surface area (Å²) in [7, 11) is 0. The van der Waals surface area contributed by atoms with E-state index in [1.807, 2.05) is 54.6 Å². The lowest BCUT2D eigenvalue weighted by molar-refractivity contribution is -0.137. The Balaban J connectivity index is 1.74. The molecule has 1 N–H and O–H groups in total. The number of benzene rings is 2. The average molecular weight is 396 g/mol. The first-order chi connectivity index (χ1) is 13.6. The van der Waals surface area contributed by atoms with Crippen molar-refractivity contribution >= 4 is 35.2 Å². The highest BCUT2D eigenvalue weighted by molar-refractivity contribution is 8.04. The van der Waals surface area contributed by atoms with Crippen LogP contribution < -0.4 is 5.32 Å². The first kappa shape index (κ1) is 19.7. The number of nitrogens with one attached hydrogen (secondary N) is 1. The summed E-state index contributed by atoms with van der Waals surface area (Å²) in [5.41, 5.74) is 2.53. The van der Waals surface area contributed by atoms with Crippen molar-refractivity contribution in [2.75, 3.05) is 24.2 Å². The van der Waals surface area contributed by atoms with Gasteiger partial charge in [0, 0.05) is 11.3 Å². The number of anilines is 1. The molecule has 2 amide bonds. The van der Waals surface area contributed by atoms with Crippen LogP contribution in [0.3, 0.4) is 0 Å². The monoisotopic (exact) mass is 396 g/mol. The summed E-state index contributed by atoms with van der Waals surface area (Å²) in [5, 5.41) is 3.30. The number of amides is 2. The van der Waals surface area contributed by atoms with Gasteiger partial charge in [-0.1, -0.05) is 60.3 Å². The van der Waals surface area contributed by atoms with E-state index in [2.05, 4.69) is 5.32 Å². The molecule has 1 aliphatic heterocycles. The van der Waals surface area contributed by atoms with Crippen LogP contribution >= 0.6 is 11.8 Å². The van der Waals surface area contributed by atoms with Crippen molar-refractivity contribution in [3.8, 4) is 11.1 Å². The smallest absolute Gasteiger partial charge is 0.333 e. The van der Waals surface area contributed by atoms with Crippen LogP contribution in [0.2, 0.25) is 0 Å². The van der Waals surface area contributed by atoms with Gasteiger partial charge in [-0.3, -0.25) is 14.5 Å². The predicted octanol–water partition coefficient (Wildman–Crippen LogP) is 3.27. The number of carbonyl (C=O) groups excluding carboxylic acids is 3. The normalized spacial score (nSPS) is 15.0. The molecule has 0 atom stereocenters. The largest absolute Gasteiger partial charge is 0.463 e. The van der Waals surface area contributed by atoms with E-state index in [1.54, 1.807) is 6.92 Å². The lowest BCUT2D eigenvalue weighted by atomic mass is 10.0. The molecule has 0 aliphatic carbocycles. The summed E-state index contributed by atoms with van der Waals surface area (Å²) >= 11 is 1.22. The first-order valence-electron chi connectivity index (χ1n) is 8.84. The van der Waals surface area contributed by atoms with Crippen LogP contribution in [0.4, 0.5) is 5.69 Å². The Bertz CT molecular complexity index is 912. The maximum atomic E-state index is 12.6. The zero-order chi connectivity index (χ0) is 19.9. The lowest BCUT2D eigenvalue weighted by Crippen LogP contribution is -2.34. The van der Waals surface area contributed by atoms with E-state index in [-0.39, 0.29) is 30.7 Å². The van der Waals surface area contributed by atoms with E-state index in [1.165, 1.54) is 22.7 Å². The van der Waals surface area contributed by atoms with E-state index in [4.69, 9.17) is 4.74 Å². The van der Waals surface area contributed by atoms with Gasteiger partial charge in [0.1, 0.15) is 6.54 Å². The zero-order valence-corrected chi connectivity index (χ0v) is 16.2. The minimum absolute atomic E-state index is 0.166. The third kappa shape index (κ3) is 4.80. The lowest BCUT2D eigenvalue weighted by Gasteiger charge is -2.17. The van der Waals surface area contributed by atoms with E-state index in [0.717, 1.165) is 11.1 Å². The molecule has 0 bridgehead atoms. The van der Waals surface area contributed by atoms with Gasteiger partial charge in [0.15, 0.2) is 0 Å². The number of thioether (sulfide) groups is 1. The molecule has 1 saturated heterocycles. The number of nitrogens with zero attached hydrogens (tertiary/aromatic N) is 1. The molecule has 3 rings (SSSR count). The molecule has 0 saturated carbocycles. The second kappa shape index (κ2) is 9.23. The topological polar surface area (TPSA) is 75.7 Å². The zero-order valence-electron chi connectivity index (χ0n) is 15.4. The van der Waals surface area contributed by atoms with Crippen molar-refractivity contribution < 1.29 is 19.1 Å². The summed E-state index contributed by atoms with van der Waals surface area (Å²) in [6.45, 7) is 1.79. The summed E-state index contributed by atoms with van der Waals surface area (Å²) in [6, 6.07) is 17.2. The van der Waals surface area contributed by atoms with Crippen LogP contribution in [0.25, 0.3) is 11.1 Å². The van der Waals surface area contributed by atoms with Crippen LogP contribution in [0.15, 0.2) is 65.7 Å². The highest BCUT2D eigenvalue weighted by Crippen LogP contribution is 2.30. The first-order valence-corrected chi connectivity index (χ1v) is 9.83. The predicted molar refractivity (Wildman–Crippen MR) is 109 cm³/mol. The van der Waals surface area contributed by atoms with Gasteiger partial charge in [0.25, 0.3) is 0 Å². The Kier molecular flexibility index (Phi) is 6.49. The van der Waals surface area contributed by atoms with Crippen LogP contribution in [-0.2, 0) is 19.1 Å². The van der Waals surface area contributed by atoms with Crippen LogP contribution in [0.5, 0.6) is 0 Å². The number of ether oxygens (including phenoxy) is 1. The standard InChI is InChI=1S/C21H20N2O4S/c1-2-27-21(26)12-20-23(19(25)14-28-20)13-18(24)22-17-11-7-6-10-16(17)15-8-4-3-5-9-15/h3-12H,2,13-14H2,1H3,(H,22,24)/b20-12-. The highest BCUT2D eigenvalue weighted by Gasteiger charge is 2.29. The summed E-state index contributed by atoms with van der Waals surface area (Å²) in [5.74, 6) is -0.889. The second-order valence-electron chi connectivity index (χ2n) is 5.96. The van der Waals surface area contributed by atoms with Crippen molar-refractivity contribution in [2.24, 2.45) is 0 Å². The van der Waals surface area contributed by atoms with E-state index in [9.17, 15) is 14.4 Å². The molecule has 1 heterocycles. The summed E-state index contributed by atoms with van der Waals surface area (Å²) in [6.07, 6.45) is 1.25. The van der Waals surface area contributed by atoms with Crippen LogP contribution in [0.1, 0.15) is 6.92 Å². The molecular weight excluding hydrogens is 376 g/mol. The van der Waals surface area contributed by atoms with Gasteiger partial charge in [-0.25, -0.2) is 4.79 Å². The minimum Gasteiger partial charge on any atom is -0.463 e. The van der Waals surface area contributed by atoms with E-state index < -0.39 is 5.97 Å². The van der Waals surface area contributed by atoms with Gasteiger partial charge in [0.2, 0.25) is 11.8 Å². The number of para-hydroxylation sites is 1. The molecule has 7 heteroatoms. The van der Waals surface area contributed by atoms with Crippen LogP contribution in [0, 0.1) is 0 Å². The van der Waals surface area contributed by atoms with Crippen molar-refractivity contribution in [3.05, 3.63) is 65.7 Å². The number of esters is 1. The third-order valence-electron chi connectivity index (χ3n) is 4.03. The molecule has 0 spiro atoms. The fraction of sp³-hybridized carbons (Fsp3) is 0.190. The highest BCUT2D eigenvalue weighted by atomic mass is 32.2. The minimum atomic E-state index is -0.528. The SMILES string of the molecule is CCOC(=O)/C=C1\SCC(=O)N1CC(=O)Nc1ccccc1-c1ccccc1. The Labute approximate surface area is 167 Å². The van der Waals surface area contributed by atoms with E-state index in [0.29, 0.717) is 10.7 Å². The Morgan fingerprint density at radius 2 is 1.86 bits per heavy atom. The van der Waals surface area contributed by atoms with Gasteiger partial charge in [0.05, 0.1) is 23.5 Å². The van der Waals surface area contributed by atoms with Crippen molar-refractivity contribution in [3.63, 3.8) is 0 Å². The number of hydrogen-bond acceptors (Lipinski definition) is 5. The van der Waals surface area contributed by atoms with Gasteiger partial charge in [-0.15, -0.1) is 0 Å². The fourth-order valence-electron chi connectivity index (χ4n) is 2.78. The summed E-state index contributed by atoms with van der Waals surface area (Å²) in [4.78, 5) is 37.7. The third-order valence-corrected chi connectivity index (χ3v) is 5.05. The molecule has 0 unspecified atom stereocenters. The Morgan fingerprint density at radius 3 is 2.61 bits per heavy atom. The Morgan fingerprint density at radius 1 is 1.14 bits per heavy atom. The second-order valence-corrected chi connectivity index (χ2v) is 6.96. The van der Waals surface area contributed by atoms with Gasteiger partial charge in [-0.2, -0.15) is 0 Å². The molecule has 0 aromatic heterocycles. The molecular formula is C21H20N2O4S. The molecule has 6 nitrogen and oxygen atoms in total. The molecule has 1 aliphatic rings. The van der Waals surface area contributed by atoms with Gasteiger partial charge < -0.3 is 10.1 Å². The van der Waals surface area contributed by atoms with Crippen molar-refractivity contribution in [2.45, 2.75) is 6.92 Å². The molecule has 0 radical (unpaired) electrons. The van der Waals surface area contributed by atoms with Crippen molar-refractivity contribution in [1.82, 2.24) is 4.90 Å². The molecule has 144 valence electrons. The molecule has 28 heavy (non-hydrogen) atoms. The average Bonchev–Trinajstić information content (AvgIpc) is 3.02. The maximum absolute atomic E-state index is 12.6. The van der Waals surface area contributed by atoms with Gasteiger partial charge >= 0.3 is 5.97 Å². The quantitative estimate of drug-likeness (QED) is 0.599. The maximum Gasteiger partial charge on any atom is 0.333 e. The Hall–Kier alpha value is -3.06. The summed E-state index contributed by atoms with van der Waals surface area (Å²) < 4.78 is 4.89. The van der Waals surface area contributed by atoms with Crippen LogP contribution in [-0.4, -0.2) is 41.6 Å². The number of rotatable bonds is 6. The van der Waals surface area contributed by atoms with Gasteiger partial charge in [-0.05, 0) is 18.6 Å². The number of carbonyl (C=O) groups is 3. The molecule has 2 aromatic rings. The molecule has 1 fully saturated rings. The molecule has 2 aromatic carbocycles. The van der Waals surface area contributed by atoms with Crippen molar-refractivity contribution in [1.29, 1.82) is 0 Å². The van der Waals surface area contributed by atoms with E-state index >= 15 is 0 Å². The fourth-order valence-corrected chi connectivity index (χ4v) is 3.71.